The highest BCUT2D eigenvalue weighted by molar-refractivity contribution is 5.86. The molecule has 0 amide bonds. The summed E-state index contributed by atoms with van der Waals surface area (Å²) in [5.41, 5.74) is 0.823. The lowest BCUT2D eigenvalue weighted by Gasteiger charge is -2.53. The average molecular weight is 206 g/mol. The fraction of sp³-hybridized carbons (Fsp3) is 0.929. The van der Waals surface area contributed by atoms with E-state index in [1.807, 2.05) is 0 Å². The predicted octanol–water partition coefficient (Wildman–Crippen LogP) is 3.43. The van der Waals surface area contributed by atoms with E-state index >= 15 is 0 Å². The van der Waals surface area contributed by atoms with E-state index in [0.29, 0.717) is 34.4 Å². The molecule has 0 aromatic carbocycles. The smallest absolute Gasteiger partial charge is 0.139 e. The molecule has 0 heterocycles. The van der Waals surface area contributed by atoms with Gasteiger partial charge in [0.25, 0.3) is 0 Å². The first-order valence-electron chi connectivity index (χ1n) is 6.45. The van der Waals surface area contributed by atoms with E-state index < -0.39 is 0 Å². The van der Waals surface area contributed by atoms with Gasteiger partial charge in [-0.15, -0.1) is 0 Å². The molecule has 0 bridgehead atoms. The molecule has 1 nitrogen and oxygen atoms in total. The van der Waals surface area contributed by atoms with Crippen molar-refractivity contribution in [1.29, 1.82) is 0 Å². The first kappa shape index (κ1) is 9.86. The molecule has 3 fully saturated rings. The Bertz CT molecular complexity index is 317. The zero-order valence-electron chi connectivity index (χ0n) is 10.2. The molecule has 0 unspecified atom stereocenters. The van der Waals surface area contributed by atoms with Gasteiger partial charge >= 0.3 is 0 Å². The number of rotatable bonds is 0. The summed E-state index contributed by atoms with van der Waals surface area (Å²) in [6, 6.07) is 0. The van der Waals surface area contributed by atoms with Crippen molar-refractivity contribution in [3.8, 4) is 0 Å². The number of carbonyl (C=O) groups excluding carboxylic acids is 1. The van der Waals surface area contributed by atoms with E-state index in [0.717, 1.165) is 6.42 Å². The molecular weight excluding hydrogens is 184 g/mol. The van der Waals surface area contributed by atoms with Crippen molar-refractivity contribution in [1.82, 2.24) is 0 Å². The van der Waals surface area contributed by atoms with E-state index in [1.54, 1.807) is 0 Å². The Kier molecular flexibility index (Phi) is 1.76. The van der Waals surface area contributed by atoms with Gasteiger partial charge < -0.3 is 0 Å². The first-order valence-corrected chi connectivity index (χ1v) is 6.45. The molecule has 3 saturated carbocycles. The van der Waals surface area contributed by atoms with E-state index in [1.165, 1.54) is 25.7 Å². The Morgan fingerprint density at radius 2 is 1.87 bits per heavy atom. The Labute approximate surface area is 92.6 Å². The second-order valence-electron chi connectivity index (χ2n) is 7.29. The number of hydrogen-bond donors (Lipinski definition) is 0. The van der Waals surface area contributed by atoms with E-state index in [-0.39, 0.29) is 0 Å². The van der Waals surface area contributed by atoms with Gasteiger partial charge in [-0.3, -0.25) is 4.79 Å². The quantitative estimate of drug-likeness (QED) is 0.593. The lowest BCUT2D eigenvalue weighted by Crippen LogP contribution is -2.51. The third-order valence-electron chi connectivity index (χ3n) is 5.44. The maximum Gasteiger partial charge on any atom is 0.139 e. The van der Waals surface area contributed by atoms with Gasteiger partial charge in [0.15, 0.2) is 0 Å². The molecule has 0 aliphatic heterocycles. The molecule has 0 spiro atoms. The lowest BCUT2D eigenvalue weighted by molar-refractivity contribution is -0.147. The molecule has 3 rings (SSSR count). The molecule has 0 saturated heterocycles. The summed E-state index contributed by atoms with van der Waals surface area (Å²) in [4.78, 5) is 12.4. The highest BCUT2D eigenvalue weighted by Gasteiger charge is 2.58. The van der Waals surface area contributed by atoms with Gasteiger partial charge in [0.1, 0.15) is 5.78 Å². The van der Waals surface area contributed by atoms with E-state index in [2.05, 4.69) is 20.8 Å². The topological polar surface area (TPSA) is 17.1 Å². The second kappa shape index (κ2) is 2.67. The summed E-state index contributed by atoms with van der Waals surface area (Å²) in [6.07, 6.45) is 6.25. The zero-order valence-corrected chi connectivity index (χ0v) is 10.2. The minimum atomic E-state index is 0.401. The van der Waals surface area contributed by atoms with Crippen molar-refractivity contribution in [2.45, 2.75) is 52.9 Å². The summed E-state index contributed by atoms with van der Waals surface area (Å²) in [6.45, 7) is 7.02. The SMILES string of the molecule is CC1(C)C[C@H]2C[C@]3(C)CC[C@@H]3C(=O)[C@H]2C1. The van der Waals surface area contributed by atoms with Crippen molar-refractivity contribution >= 4 is 5.78 Å². The highest BCUT2D eigenvalue weighted by Crippen LogP contribution is 2.62. The minimum absolute atomic E-state index is 0.401. The number of ketones is 1. The molecule has 0 aromatic heterocycles. The summed E-state index contributed by atoms with van der Waals surface area (Å²) in [5, 5.41) is 0. The van der Waals surface area contributed by atoms with Crippen LogP contribution in [0.5, 0.6) is 0 Å². The Balaban J connectivity index is 1.89. The van der Waals surface area contributed by atoms with Crippen LogP contribution < -0.4 is 0 Å². The second-order valence-corrected chi connectivity index (χ2v) is 7.29. The summed E-state index contributed by atoms with van der Waals surface area (Å²) >= 11 is 0. The van der Waals surface area contributed by atoms with Crippen LogP contribution >= 0.6 is 0 Å². The van der Waals surface area contributed by atoms with E-state index in [9.17, 15) is 4.79 Å². The van der Waals surface area contributed by atoms with Crippen LogP contribution in [0.15, 0.2) is 0 Å². The first-order chi connectivity index (χ1) is 6.91. The number of hydrogen-bond acceptors (Lipinski definition) is 1. The predicted molar refractivity (Wildman–Crippen MR) is 60.5 cm³/mol. The number of Topliss-reactive ketones (excluding diaryl/α,β-unsaturated/α-hetero) is 1. The van der Waals surface area contributed by atoms with Gasteiger partial charge in [-0.05, 0) is 48.9 Å². The molecule has 0 radical (unpaired) electrons. The van der Waals surface area contributed by atoms with Crippen molar-refractivity contribution < 1.29 is 4.79 Å². The normalized spacial score (nSPS) is 51.9. The third kappa shape index (κ3) is 1.24. The molecule has 4 atom stereocenters. The minimum Gasteiger partial charge on any atom is -0.299 e. The monoisotopic (exact) mass is 206 g/mol. The van der Waals surface area contributed by atoms with Crippen LogP contribution in [0.4, 0.5) is 0 Å². The Morgan fingerprint density at radius 3 is 2.47 bits per heavy atom. The van der Waals surface area contributed by atoms with Crippen LogP contribution in [0, 0.1) is 28.6 Å². The van der Waals surface area contributed by atoms with E-state index in [4.69, 9.17) is 0 Å². The van der Waals surface area contributed by atoms with Crippen molar-refractivity contribution in [2.24, 2.45) is 28.6 Å². The zero-order chi connectivity index (χ0) is 10.8. The van der Waals surface area contributed by atoms with Crippen molar-refractivity contribution in [2.75, 3.05) is 0 Å². The maximum absolute atomic E-state index is 12.4. The van der Waals surface area contributed by atoms with Gasteiger partial charge in [0.05, 0.1) is 0 Å². The Hall–Kier alpha value is -0.330. The van der Waals surface area contributed by atoms with Gasteiger partial charge in [0.2, 0.25) is 0 Å². The summed E-state index contributed by atoms with van der Waals surface area (Å²) in [7, 11) is 0. The fourth-order valence-electron chi connectivity index (χ4n) is 4.61. The molecular formula is C14H22O. The third-order valence-corrected chi connectivity index (χ3v) is 5.44. The highest BCUT2D eigenvalue weighted by atomic mass is 16.1. The van der Waals surface area contributed by atoms with Crippen molar-refractivity contribution in [3.05, 3.63) is 0 Å². The van der Waals surface area contributed by atoms with Crippen LogP contribution in [-0.4, -0.2) is 5.78 Å². The van der Waals surface area contributed by atoms with Crippen LogP contribution in [0.2, 0.25) is 0 Å². The number of carbonyl (C=O) groups is 1. The van der Waals surface area contributed by atoms with Crippen LogP contribution in [0.1, 0.15) is 52.9 Å². The van der Waals surface area contributed by atoms with Crippen LogP contribution in [0.3, 0.4) is 0 Å². The van der Waals surface area contributed by atoms with Crippen LogP contribution in [0.25, 0.3) is 0 Å². The molecule has 3 aliphatic rings. The van der Waals surface area contributed by atoms with Gasteiger partial charge in [-0.25, -0.2) is 0 Å². The standard InChI is InChI=1S/C14H22O/c1-13(2)6-9-7-14(3)5-4-11(14)12(15)10(9)8-13/h9-11H,4-8H2,1-3H3/t9-,10-,11+,14-/m0/s1. The fourth-order valence-corrected chi connectivity index (χ4v) is 4.61. The lowest BCUT2D eigenvalue weighted by atomic mass is 9.50. The molecule has 84 valence electrons. The molecule has 15 heavy (non-hydrogen) atoms. The maximum atomic E-state index is 12.4. The molecule has 3 aliphatic carbocycles. The molecule has 1 heteroatoms. The molecule has 0 aromatic rings. The van der Waals surface area contributed by atoms with Gasteiger partial charge in [0, 0.05) is 11.8 Å². The largest absolute Gasteiger partial charge is 0.299 e. The summed E-state index contributed by atoms with van der Waals surface area (Å²) in [5.74, 6) is 2.21. The molecule has 0 N–H and O–H groups in total. The van der Waals surface area contributed by atoms with Gasteiger partial charge in [-0.2, -0.15) is 0 Å². The van der Waals surface area contributed by atoms with Crippen LogP contribution in [-0.2, 0) is 4.79 Å². The summed E-state index contributed by atoms with van der Waals surface area (Å²) < 4.78 is 0. The Morgan fingerprint density at radius 1 is 1.13 bits per heavy atom. The van der Waals surface area contributed by atoms with Gasteiger partial charge in [-0.1, -0.05) is 20.8 Å². The number of fused-ring (bicyclic) bond motifs is 2. The average Bonchev–Trinajstić information content (AvgIpc) is 2.37. The van der Waals surface area contributed by atoms with Crippen molar-refractivity contribution in [3.63, 3.8) is 0 Å².